The van der Waals surface area contributed by atoms with Gasteiger partial charge in [0, 0.05) is 19.6 Å². The number of fused-ring (bicyclic) bond motifs is 1. The molecule has 5 heteroatoms. The minimum Gasteiger partial charge on any atom is -0.381 e. The van der Waals surface area contributed by atoms with Crippen molar-refractivity contribution in [3.05, 3.63) is 41.5 Å². The third kappa shape index (κ3) is 2.93. The fourth-order valence-corrected chi connectivity index (χ4v) is 4.76. The van der Waals surface area contributed by atoms with Crippen LogP contribution in [-0.2, 0) is 16.7 Å². The highest BCUT2D eigenvalue weighted by Crippen LogP contribution is 2.59. The summed E-state index contributed by atoms with van der Waals surface area (Å²) in [5.41, 5.74) is 9.52. The first kappa shape index (κ1) is 18.9. The molecule has 26 heavy (non-hydrogen) atoms. The summed E-state index contributed by atoms with van der Waals surface area (Å²) in [5.74, 6) is 0.375. The van der Waals surface area contributed by atoms with Crippen LogP contribution in [-0.4, -0.2) is 43.0 Å². The Balaban J connectivity index is 2.09. The van der Waals surface area contributed by atoms with Crippen LogP contribution in [0.1, 0.15) is 49.3 Å². The molecule has 142 valence electrons. The van der Waals surface area contributed by atoms with E-state index in [0.717, 1.165) is 37.7 Å². The van der Waals surface area contributed by atoms with E-state index in [-0.39, 0.29) is 12.1 Å². The SMILES string of the molecule is C=Cc1ccc2c(c1)C(C)(N=C(N)N(C)CO)C1(CCC(OC)CC1)C2. The van der Waals surface area contributed by atoms with E-state index in [1.54, 1.807) is 19.1 Å². The summed E-state index contributed by atoms with van der Waals surface area (Å²) in [6, 6.07) is 6.54. The number of benzene rings is 1. The van der Waals surface area contributed by atoms with Gasteiger partial charge in [-0.25, -0.2) is 4.99 Å². The molecule has 5 nitrogen and oxygen atoms in total. The van der Waals surface area contributed by atoms with Gasteiger partial charge in [-0.1, -0.05) is 24.8 Å². The molecular weight excluding hydrogens is 326 g/mol. The maximum atomic E-state index is 9.44. The molecule has 0 amide bonds. The van der Waals surface area contributed by atoms with Gasteiger partial charge in [-0.05, 0) is 61.8 Å². The molecule has 1 aromatic carbocycles. The highest BCUT2D eigenvalue weighted by molar-refractivity contribution is 5.78. The van der Waals surface area contributed by atoms with E-state index < -0.39 is 5.54 Å². The van der Waals surface area contributed by atoms with Gasteiger partial charge in [0.05, 0.1) is 11.6 Å². The number of methoxy groups -OCH3 is 1. The Bertz CT molecular complexity index is 707. The molecule has 2 aliphatic carbocycles. The highest BCUT2D eigenvalue weighted by Gasteiger charge is 2.56. The predicted molar refractivity (Wildman–Crippen MR) is 106 cm³/mol. The number of hydrogen-bond donors (Lipinski definition) is 2. The van der Waals surface area contributed by atoms with E-state index in [9.17, 15) is 5.11 Å². The second-order valence-electron chi connectivity index (χ2n) is 7.89. The van der Waals surface area contributed by atoms with E-state index in [1.807, 2.05) is 6.08 Å². The summed E-state index contributed by atoms with van der Waals surface area (Å²) >= 11 is 0. The van der Waals surface area contributed by atoms with Gasteiger partial charge in [0.25, 0.3) is 0 Å². The molecule has 0 aromatic heterocycles. The number of rotatable bonds is 4. The summed E-state index contributed by atoms with van der Waals surface area (Å²) in [5, 5.41) is 9.44. The van der Waals surface area contributed by atoms with Crippen LogP contribution < -0.4 is 5.73 Å². The number of hydrogen-bond acceptors (Lipinski definition) is 3. The van der Waals surface area contributed by atoms with E-state index in [0.29, 0.717) is 12.1 Å². The minimum absolute atomic E-state index is 0.0328. The fraction of sp³-hybridized carbons (Fsp3) is 0.571. The molecule has 3 rings (SSSR count). The molecule has 0 heterocycles. The first-order chi connectivity index (χ1) is 12.4. The number of aliphatic hydroxyl groups excluding tert-OH is 1. The summed E-state index contributed by atoms with van der Waals surface area (Å²) < 4.78 is 5.60. The van der Waals surface area contributed by atoms with Crippen molar-refractivity contribution in [2.45, 2.75) is 50.7 Å². The van der Waals surface area contributed by atoms with Crippen molar-refractivity contribution in [2.24, 2.45) is 16.1 Å². The molecule has 3 N–H and O–H groups in total. The van der Waals surface area contributed by atoms with E-state index in [2.05, 4.69) is 31.7 Å². The van der Waals surface area contributed by atoms with Gasteiger partial charge in [-0.2, -0.15) is 0 Å². The van der Waals surface area contributed by atoms with Gasteiger partial charge >= 0.3 is 0 Å². The Labute approximate surface area is 156 Å². The Morgan fingerprint density at radius 2 is 2.15 bits per heavy atom. The number of guanidine groups is 1. The number of aliphatic imine (C=N–C) groups is 1. The largest absolute Gasteiger partial charge is 0.381 e. The molecule has 0 saturated heterocycles. The average Bonchev–Trinajstić information content (AvgIpc) is 2.89. The number of aliphatic hydroxyl groups is 1. The van der Waals surface area contributed by atoms with Crippen LogP contribution in [0.15, 0.2) is 29.8 Å². The molecule has 0 radical (unpaired) electrons. The topological polar surface area (TPSA) is 71.1 Å². The normalized spacial score (nSPS) is 31.1. The molecule has 0 aliphatic heterocycles. The van der Waals surface area contributed by atoms with E-state index in [1.165, 1.54) is 11.1 Å². The molecule has 1 atom stereocenters. The highest BCUT2D eigenvalue weighted by atomic mass is 16.5. The summed E-state index contributed by atoms with van der Waals surface area (Å²) in [6.07, 6.45) is 7.41. The van der Waals surface area contributed by atoms with Crippen molar-refractivity contribution in [3.8, 4) is 0 Å². The van der Waals surface area contributed by atoms with Crippen LogP contribution in [0.5, 0.6) is 0 Å². The van der Waals surface area contributed by atoms with Crippen molar-refractivity contribution in [1.29, 1.82) is 0 Å². The molecule has 1 spiro atoms. The van der Waals surface area contributed by atoms with E-state index >= 15 is 0 Å². The predicted octanol–water partition coefficient (Wildman–Crippen LogP) is 2.87. The fourth-order valence-electron chi connectivity index (χ4n) is 4.76. The average molecular weight is 357 g/mol. The lowest BCUT2D eigenvalue weighted by molar-refractivity contribution is 0.000861. The van der Waals surface area contributed by atoms with Crippen LogP contribution >= 0.6 is 0 Å². The number of nitrogens with two attached hydrogens (primary N) is 1. The zero-order valence-corrected chi connectivity index (χ0v) is 16.2. The monoisotopic (exact) mass is 357 g/mol. The summed E-state index contributed by atoms with van der Waals surface area (Å²) in [4.78, 5) is 6.59. The minimum atomic E-state index is -0.423. The maximum Gasteiger partial charge on any atom is 0.193 e. The lowest BCUT2D eigenvalue weighted by atomic mass is 9.62. The van der Waals surface area contributed by atoms with Gasteiger partial charge in [0.1, 0.15) is 6.73 Å². The number of nitrogens with zero attached hydrogens (tertiary/aromatic N) is 2. The zero-order valence-electron chi connectivity index (χ0n) is 16.2. The second kappa shape index (κ2) is 7.05. The molecule has 2 aliphatic rings. The van der Waals surface area contributed by atoms with Crippen molar-refractivity contribution in [1.82, 2.24) is 4.90 Å². The molecule has 1 fully saturated rings. The quantitative estimate of drug-likeness (QED) is 0.494. The van der Waals surface area contributed by atoms with Gasteiger partial charge in [-0.3, -0.25) is 0 Å². The van der Waals surface area contributed by atoms with Crippen LogP contribution in [0.3, 0.4) is 0 Å². The molecule has 1 unspecified atom stereocenters. The zero-order chi connectivity index (χ0) is 18.9. The van der Waals surface area contributed by atoms with Crippen LogP contribution in [0.4, 0.5) is 0 Å². The van der Waals surface area contributed by atoms with Gasteiger partial charge in [0.15, 0.2) is 5.96 Å². The van der Waals surface area contributed by atoms with Crippen LogP contribution in [0.25, 0.3) is 6.08 Å². The van der Waals surface area contributed by atoms with Crippen molar-refractivity contribution < 1.29 is 9.84 Å². The Hall–Kier alpha value is -1.85. The molecular formula is C21H31N3O2. The molecule has 1 aromatic rings. The van der Waals surface area contributed by atoms with Crippen molar-refractivity contribution >= 4 is 12.0 Å². The summed E-state index contributed by atoms with van der Waals surface area (Å²) in [7, 11) is 3.56. The lowest BCUT2D eigenvalue weighted by Crippen LogP contribution is -2.46. The third-order valence-corrected chi connectivity index (χ3v) is 6.62. The smallest absolute Gasteiger partial charge is 0.193 e. The Kier molecular flexibility index (Phi) is 5.13. The third-order valence-electron chi connectivity index (χ3n) is 6.62. The van der Waals surface area contributed by atoms with Crippen molar-refractivity contribution in [2.75, 3.05) is 20.9 Å². The first-order valence-corrected chi connectivity index (χ1v) is 9.35. The maximum absolute atomic E-state index is 9.44. The second-order valence-corrected chi connectivity index (χ2v) is 7.89. The summed E-state index contributed by atoms with van der Waals surface area (Å²) in [6.45, 7) is 5.97. The molecule has 1 saturated carbocycles. The van der Waals surface area contributed by atoms with Crippen LogP contribution in [0, 0.1) is 5.41 Å². The lowest BCUT2D eigenvalue weighted by Gasteiger charge is -2.46. The van der Waals surface area contributed by atoms with Gasteiger partial charge < -0.3 is 20.5 Å². The Morgan fingerprint density at radius 3 is 2.73 bits per heavy atom. The van der Waals surface area contributed by atoms with Crippen molar-refractivity contribution in [3.63, 3.8) is 0 Å². The van der Waals surface area contributed by atoms with E-state index in [4.69, 9.17) is 15.5 Å². The molecule has 0 bridgehead atoms. The Morgan fingerprint density at radius 1 is 1.46 bits per heavy atom. The first-order valence-electron chi connectivity index (χ1n) is 9.35. The number of ether oxygens (including phenoxy) is 1. The van der Waals surface area contributed by atoms with Gasteiger partial charge in [0.2, 0.25) is 0 Å². The van der Waals surface area contributed by atoms with Crippen LogP contribution in [0.2, 0.25) is 0 Å². The standard InChI is InChI=1S/C21H31N3O2/c1-5-15-6-7-16-13-21(10-8-17(26-4)9-11-21)20(2,18(16)12-15)23-19(22)24(3)14-25/h5-7,12,17,25H,1,8-11,13-14H2,2-4H3,(H2,22,23). The van der Waals surface area contributed by atoms with Gasteiger partial charge in [-0.15, -0.1) is 0 Å².